The largest absolute Gasteiger partial charge is 0.422 e. The minimum absolute atomic E-state index is 0.287. The Morgan fingerprint density at radius 1 is 1.12 bits per heavy atom. The maximum absolute atomic E-state index is 12.7. The van der Waals surface area contributed by atoms with Gasteiger partial charge in [0, 0.05) is 10.0 Å². The molecule has 3 heteroatoms. The summed E-state index contributed by atoms with van der Waals surface area (Å²) in [6.07, 6.45) is 2.34. The van der Waals surface area contributed by atoms with E-state index < -0.39 is 0 Å². The van der Waals surface area contributed by atoms with Gasteiger partial charge in [-0.1, -0.05) is 48.8 Å². The van der Waals surface area contributed by atoms with Crippen molar-refractivity contribution in [2.75, 3.05) is 0 Å². The second-order valence-electron chi connectivity index (χ2n) is 7.44. The van der Waals surface area contributed by atoms with E-state index in [9.17, 15) is 4.79 Å². The fourth-order valence-corrected chi connectivity index (χ4v) is 4.07. The molecule has 0 saturated heterocycles. The lowest BCUT2D eigenvalue weighted by Crippen LogP contribution is -2.20. The number of ether oxygens (including phenoxy) is 1. The third-order valence-electron chi connectivity index (χ3n) is 5.32. The molecule has 0 radical (unpaired) electrons. The highest BCUT2D eigenvalue weighted by Gasteiger charge is 2.31. The normalized spacial score (nSPS) is 19.6. The van der Waals surface area contributed by atoms with Crippen molar-refractivity contribution in [2.24, 2.45) is 5.92 Å². The molecule has 0 saturated carbocycles. The van der Waals surface area contributed by atoms with E-state index in [1.54, 1.807) is 12.1 Å². The molecule has 2 aromatic carbocycles. The molecule has 1 aliphatic rings. The molecular formula is C22H25BrO2. The van der Waals surface area contributed by atoms with Gasteiger partial charge in [0.2, 0.25) is 0 Å². The summed E-state index contributed by atoms with van der Waals surface area (Å²) in [6, 6.07) is 11.6. The predicted molar refractivity (Wildman–Crippen MR) is 106 cm³/mol. The number of hydrogen-bond acceptors (Lipinski definition) is 2. The second-order valence-corrected chi connectivity index (χ2v) is 8.36. The highest BCUT2D eigenvalue weighted by atomic mass is 79.9. The van der Waals surface area contributed by atoms with Crippen LogP contribution >= 0.6 is 15.9 Å². The molecule has 0 amide bonds. The van der Waals surface area contributed by atoms with Crippen LogP contribution in [0.1, 0.15) is 72.5 Å². The number of hydrogen-bond donors (Lipinski definition) is 0. The fraction of sp³-hybridized carbons (Fsp3) is 0.409. The van der Waals surface area contributed by atoms with Gasteiger partial charge in [-0.05, 0) is 72.9 Å². The molecule has 2 nitrogen and oxygen atoms in total. The Morgan fingerprint density at radius 3 is 2.44 bits per heavy atom. The predicted octanol–water partition coefficient (Wildman–Crippen LogP) is 6.61. The Balaban J connectivity index is 2.02. The summed E-state index contributed by atoms with van der Waals surface area (Å²) >= 11 is 3.40. The average Bonchev–Trinajstić information content (AvgIpc) is 2.57. The minimum Gasteiger partial charge on any atom is -0.422 e. The topological polar surface area (TPSA) is 26.3 Å². The van der Waals surface area contributed by atoms with Crippen LogP contribution in [0.3, 0.4) is 0 Å². The van der Waals surface area contributed by atoms with Crippen molar-refractivity contribution in [3.8, 4) is 5.75 Å². The molecule has 0 fully saturated rings. The first-order valence-corrected chi connectivity index (χ1v) is 9.79. The van der Waals surface area contributed by atoms with Crippen molar-refractivity contribution in [3.05, 3.63) is 63.1 Å². The van der Waals surface area contributed by atoms with E-state index in [4.69, 9.17) is 4.74 Å². The standard InChI is InChI=1S/C22H25BrO2/c1-13(2)18-11-5-14(3)19-12-6-15(4)21(20(18)19)25-22(24)16-7-9-17(23)10-8-16/h6-10,12-14,18H,5,11H2,1-4H3/t14-,18-/m1/s1. The Hall–Kier alpha value is -1.61. The lowest BCUT2D eigenvalue weighted by atomic mass is 9.72. The quantitative estimate of drug-likeness (QED) is 0.427. The van der Waals surface area contributed by atoms with Crippen LogP contribution in [0.4, 0.5) is 0 Å². The second kappa shape index (κ2) is 7.33. The fourth-order valence-electron chi connectivity index (χ4n) is 3.81. The maximum Gasteiger partial charge on any atom is 0.343 e. The highest BCUT2D eigenvalue weighted by molar-refractivity contribution is 9.10. The SMILES string of the molecule is Cc1ccc2c(c1OC(=O)c1ccc(Br)cc1)[C@@H](C(C)C)CC[C@H]2C. The smallest absolute Gasteiger partial charge is 0.343 e. The summed E-state index contributed by atoms with van der Waals surface area (Å²) < 4.78 is 6.89. The number of carbonyl (C=O) groups is 1. The summed E-state index contributed by atoms with van der Waals surface area (Å²) in [4.78, 5) is 12.7. The molecule has 0 bridgehead atoms. The molecule has 25 heavy (non-hydrogen) atoms. The highest BCUT2D eigenvalue weighted by Crippen LogP contribution is 2.47. The van der Waals surface area contributed by atoms with E-state index in [1.165, 1.54) is 17.5 Å². The maximum atomic E-state index is 12.7. The van der Waals surface area contributed by atoms with Gasteiger partial charge >= 0.3 is 5.97 Å². The van der Waals surface area contributed by atoms with Gasteiger partial charge in [0.1, 0.15) is 5.75 Å². The summed E-state index contributed by atoms with van der Waals surface area (Å²) in [5, 5.41) is 0. The Labute approximate surface area is 158 Å². The molecule has 3 rings (SSSR count). The zero-order valence-corrected chi connectivity index (χ0v) is 16.9. The van der Waals surface area contributed by atoms with Crippen LogP contribution in [0.15, 0.2) is 40.9 Å². The van der Waals surface area contributed by atoms with E-state index in [-0.39, 0.29) is 5.97 Å². The molecule has 132 valence electrons. The molecule has 0 N–H and O–H groups in total. The van der Waals surface area contributed by atoms with Gasteiger partial charge in [-0.2, -0.15) is 0 Å². The van der Waals surface area contributed by atoms with Crippen molar-refractivity contribution < 1.29 is 9.53 Å². The van der Waals surface area contributed by atoms with E-state index in [2.05, 4.69) is 48.8 Å². The van der Waals surface area contributed by atoms with Crippen molar-refractivity contribution in [3.63, 3.8) is 0 Å². The lowest BCUT2D eigenvalue weighted by molar-refractivity contribution is 0.0730. The van der Waals surface area contributed by atoms with Crippen molar-refractivity contribution in [1.82, 2.24) is 0 Å². The number of carbonyl (C=O) groups excluding carboxylic acids is 1. The van der Waals surface area contributed by atoms with Crippen LogP contribution in [0.2, 0.25) is 0 Å². The van der Waals surface area contributed by atoms with Gasteiger partial charge in [-0.3, -0.25) is 0 Å². The third kappa shape index (κ3) is 3.67. The summed E-state index contributed by atoms with van der Waals surface area (Å²) in [6.45, 7) is 8.81. The van der Waals surface area contributed by atoms with Gasteiger partial charge in [-0.15, -0.1) is 0 Å². The molecule has 0 unspecified atom stereocenters. The van der Waals surface area contributed by atoms with E-state index in [0.29, 0.717) is 23.3 Å². The molecule has 0 heterocycles. The van der Waals surface area contributed by atoms with E-state index in [1.807, 2.05) is 19.1 Å². The van der Waals surface area contributed by atoms with E-state index in [0.717, 1.165) is 22.2 Å². The number of aryl methyl sites for hydroxylation is 1. The number of halogens is 1. The summed E-state index contributed by atoms with van der Waals surface area (Å²) in [7, 11) is 0. The summed E-state index contributed by atoms with van der Waals surface area (Å²) in [5.74, 6) is 1.97. The van der Waals surface area contributed by atoms with Crippen LogP contribution < -0.4 is 4.74 Å². The Kier molecular flexibility index (Phi) is 5.33. The van der Waals surface area contributed by atoms with Crippen LogP contribution in [0.5, 0.6) is 5.75 Å². The van der Waals surface area contributed by atoms with Gasteiger partial charge < -0.3 is 4.74 Å². The van der Waals surface area contributed by atoms with Crippen LogP contribution in [0.25, 0.3) is 0 Å². The first-order valence-electron chi connectivity index (χ1n) is 8.99. The molecule has 2 aromatic rings. The minimum atomic E-state index is -0.287. The van der Waals surface area contributed by atoms with Crippen molar-refractivity contribution in [2.45, 2.75) is 52.4 Å². The molecule has 0 aliphatic heterocycles. The van der Waals surface area contributed by atoms with Crippen LogP contribution in [0, 0.1) is 12.8 Å². The van der Waals surface area contributed by atoms with Crippen LogP contribution in [-0.4, -0.2) is 5.97 Å². The molecule has 1 aliphatic carbocycles. The first kappa shape index (κ1) is 18.2. The molecule has 0 aromatic heterocycles. The van der Waals surface area contributed by atoms with Crippen LogP contribution in [-0.2, 0) is 0 Å². The van der Waals surface area contributed by atoms with Gasteiger partial charge in [0.25, 0.3) is 0 Å². The van der Waals surface area contributed by atoms with Gasteiger partial charge in [-0.25, -0.2) is 4.79 Å². The zero-order chi connectivity index (χ0) is 18.1. The Morgan fingerprint density at radius 2 is 1.80 bits per heavy atom. The number of benzene rings is 2. The van der Waals surface area contributed by atoms with Gasteiger partial charge in [0.15, 0.2) is 0 Å². The molecule has 0 spiro atoms. The number of fused-ring (bicyclic) bond motifs is 1. The first-order chi connectivity index (χ1) is 11.9. The van der Waals surface area contributed by atoms with Crippen molar-refractivity contribution >= 4 is 21.9 Å². The number of rotatable bonds is 3. The zero-order valence-electron chi connectivity index (χ0n) is 15.3. The molecular weight excluding hydrogens is 376 g/mol. The average molecular weight is 401 g/mol. The monoisotopic (exact) mass is 400 g/mol. The van der Waals surface area contributed by atoms with Crippen molar-refractivity contribution in [1.29, 1.82) is 0 Å². The lowest BCUT2D eigenvalue weighted by Gasteiger charge is -2.34. The van der Waals surface area contributed by atoms with Gasteiger partial charge in [0.05, 0.1) is 5.56 Å². The Bertz CT molecular complexity index is 777. The molecule has 2 atom stereocenters. The number of esters is 1. The third-order valence-corrected chi connectivity index (χ3v) is 5.85. The summed E-state index contributed by atoms with van der Waals surface area (Å²) in [5.41, 5.74) is 4.20. The van der Waals surface area contributed by atoms with E-state index >= 15 is 0 Å².